The molecule has 0 aromatic carbocycles. The van der Waals surface area contributed by atoms with Gasteiger partial charge in [-0.1, -0.05) is 20.3 Å². The van der Waals surface area contributed by atoms with Crippen molar-refractivity contribution in [1.29, 1.82) is 0 Å². The van der Waals surface area contributed by atoms with E-state index in [0.29, 0.717) is 5.92 Å². The van der Waals surface area contributed by atoms with E-state index in [4.69, 9.17) is 0 Å². The molecule has 0 aromatic heterocycles. The van der Waals surface area contributed by atoms with Crippen LogP contribution in [0.4, 0.5) is 0 Å². The van der Waals surface area contributed by atoms with Crippen LogP contribution in [-0.2, 0) is 4.79 Å². The van der Waals surface area contributed by atoms with Crippen LogP contribution in [0.15, 0.2) is 0 Å². The molecule has 2 nitrogen and oxygen atoms in total. The molecular formula is C7H16BNO. The molecule has 10 heavy (non-hydrogen) atoms. The molecule has 3 heteroatoms. The highest BCUT2D eigenvalue weighted by molar-refractivity contribution is 6.06. The number of Topliss-reactive ketones (excluding diaryl/α,β-unsaturated/α-hetero) is 1. The zero-order chi connectivity index (χ0) is 8.15. The lowest BCUT2D eigenvalue weighted by molar-refractivity contribution is -0.119. The van der Waals surface area contributed by atoms with Crippen molar-refractivity contribution in [3.63, 3.8) is 0 Å². The van der Waals surface area contributed by atoms with Gasteiger partial charge < -0.3 is 5.23 Å². The van der Waals surface area contributed by atoms with Crippen LogP contribution >= 0.6 is 0 Å². The van der Waals surface area contributed by atoms with Gasteiger partial charge in [-0.15, -0.1) is 0 Å². The second-order valence-electron chi connectivity index (χ2n) is 2.76. The number of ketones is 1. The summed E-state index contributed by atoms with van der Waals surface area (Å²) in [5.74, 6) is 0.680. The molecule has 0 heterocycles. The molecule has 0 fully saturated rings. The molecule has 0 rings (SSSR count). The maximum absolute atomic E-state index is 10.9. The molecule has 0 aliphatic carbocycles. The highest BCUT2D eigenvalue weighted by Gasteiger charge is 2.16. The van der Waals surface area contributed by atoms with E-state index in [1.807, 2.05) is 7.98 Å². The van der Waals surface area contributed by atoms with Crippen molar-refractivity contribution in [3.05, 3.63) is 0 Å². The second-order valence-corrected chi connectivity index (χ2v) is 2.76. The fourth-order valence-electron chi connectivity index (χ4n) is 1.12. The third-order valence-electron chi connectivity index (χ3n) is 1.96. The molecule has 2 atom stereocenters. The standard InChI is InChI=1S/C7H16BNO/c1-4-5(2)7(9-8)6(3)10/h5,7,9H,4,8H2,1-3H3. The summed E-state index contributed by atoms with van der Waals surface area (Å²) in [6, 6.07) is 0.0463. The molecular weight excluding hydrogens is 125 g/mol. The van der Waals surface area contributed by atoms with Gasteiger partial charge >= 0.3 is 0 Å². The van der Waals surface area contributed by atoms with Gasteiger partial charge in [0, 0.05) is 0 Å². The topological polar surface area (TPSA) is 29.1 Å². The van der Waals surface area contributed by atoms with Crippen molar-refractivity contribution in [2.24, 2.45) is 5.92 Å². The lowest BCUT2D eigenvalue weighted by atomic mass is 9.95. The van der Waals surface area contributed by atoms with E-state index in [-0.39, 0.29) is 11.8 Å². The Balaban J connectivity index is 3.92. The summed E-state index contributed by atoms with van der Waals surface area (Å²) in [4.78, 5) is 10.9. The molecule has 0 aliphatic heterocycles. The third-order valence-corrected chi connectivity index (χ3v) is 1.96. The smallest absolute Gasteiger partial charge is 0.182 e. The average molecular weight is 141 g/mol. The van der Waals surface area contributed by atoms with Crippen LogP contribution in [0.5, 0.6) is 0 Å². The van der Waals surface area contributed by atoms with Gasteiger partial charge in [0.15, 0.2) is 7.98 Å². The van der Waals surface area contributed by atoms with E-state index in [9.17, 15) is 4.79 Å². The summed E-state index contributed by atoms with van der Waals surface area (Å²) in [5.41, 5.74) is 0. The monoisotopic (exact) mass is 141 g/mol. The van der Waals surface area contributed by atoms with Gasteiger partial charge in [-0.2, -0.15) is 0 Å². The van der Waals surface area contributed by atoms with Gasteiger partial charge in [0.2, 0.25) is 0 Å². The lowest BCUT2D eigenvalue weighted by Gasteiger charge is -2.19. The molecule has 0 saturated heterocycles. The largest absolute Gasteiger partial charge is 0.353 e. The quantitative estimate of drug-likeness (QED) is 0.563. The summed E-state index contributed by atoms with van der Waals surface area (Å²) in [7, 11) is 1.83. The van der Waals surface area contributed by atoms with Crippen LogP contribution in [-0.4, -0.2) is 19.8 Å². The third kappa shape index (κ3) is 2.52. The molecule has 0 bridgehead atoms. The summed E-state index contributed by atoms with van der Waals surface area (Å²) < 4.78 is 0. The predicted molar refractivity (Wildman–Crippen MR) is 45.6 cm³/mol. The van der Waals surface area contributed by atoms with Gasteiger partial charge in [-0.25, -0.2) is 0 Å². The molecule has 0 aliphatic rings. The van der Waals surface area contributed by atoms with Crippen molar-refractivity contribution >= 4 is 13.8 Å². The van der Waals surface area contributed by atoms with Crippen LogP contribution in [0, 0.1) is 5.92 Å². The van der Waals surface area contributed by atoms with Crippen LogP contribution in [0.3, 0.4) is 0 Å². The van der Waals surface area contributed by atoms with Crippen molar-refractivity contribution in [2.45, 2.75) is 33.2 Å². The molecule has 0 spiro atoms. The van der Waals surface area contributed by atoms with Crippen LogP contribution < -0.4 is 5.23 Å². The number of carbonyl (C=O) groups is 1. The zero-order valence-electron chi connectivity index (χ0n) is 7.27. The van der Waals surface area contributed by atoms with E-state index in [1.54, 1.807) is 6.92 Å². The maximum Gasteiger partial charge on any atom is 0.182 e. The van der Waals surface area contributed by atoms with E-state index < -0.39 is 0 Å². The molecule has 1 N–H and O–H groups in total. The number of rotatable bonds is 4. The Morgan fingerprint density at radius 2 is 2.20 bits per heavy atom. The second kappa shape index (κ2) is 4.50. The van der Waals surface area contributed by atoms with Crippen LogP contribution in [0.1, 0.15) is 27.2 Å². The maximum atomic E-state index is 10.9. The zero-order valence-corrected chi connectivity index (χ0v) is 7.27. The lowest BCUT2D eigenvalue weighted by Crippen LogP contribution is -2.38. The Morgan fingerprint density at radius 3 is 2.30 bits per heavy atom. The van der Waals surface area contributed by atoms with E-state index in [2.05, 4.69) is 19.1 Å². The first kappa shape index (κ1) is 9.69. The Morgan fingerprint density at radius 1 is 1.70 bits per heavy atom. The molecule has 0 aromatic rings. The Hall–Kier alpha value is -0.305. The molecule has 0 saturated carbocycles. The Labute approximate surface area is 63.8 Å². The first-order valence-electron chi connectivity index (χ1n) is 3.81. The SMILES string of the molecule is BNC(C(C)=O)C(C)CC. The predicted octanol–water partition coefficient (Wildman–Crippen LogP) is 0.128. The molecule has 2 unspecified atom stereocenters. The minimum absolute atomic E-state index is 0.0463. The van der Waals surface area contributed by atoms with Crippen molar-refractivity contribution in [1.82, 2.24) is 5.23 Å². The van der Waals surface area contributed by atoms with E-state index in [1.165, 1.54) is 0 Å². The fourth-order valence-corrected chi connectivity index (χ4v) is 1.12. The highest BCUT2D eigenvalue weighted by Crippen LogP contribution is 2.07. The summed E-state index contributed by atoms with van der Waals surface area (Å²) in [6.07, 6.45) is 1.05. The van der Waals surface area contributed by atoms with Crippen molar-refractivity contribution in [2.75, 3.05) is 0 Å². The van der Waals surface area contributed by atoms with E-state index in [0.717, 1.165) is 6.42 Å². The average Bonchev–Trinajstić information content (AvgIpc) is 1.88. The summed E-state index contributed by atoms with van der Waals surface area (Å²) in [6.45, 7) is 5.81. The summed E-state index contributed by atoms with van der Waals surface area (Å²) in [5, 5.41) is 3.00. The minimum atomic E-state index is 0.0463. The number of carbonyl (C=O) groups excluding carboxylic acids is 1. The van der Waals surface area contributed by atoms with Gasteiger partial charge in [0.1, 0.15) is 5.78 Å². The molecule has 0 radical (unpaired) electrons. The molecule has 0 amide bonds. The highest BCUT2D eigenvalue weighted by atomic mass is 16.1. The normalized spacial score (nSPS) is 16.3. The van der Waals surface area contributed by atoms with Crippen molar-refractivity contribution in [3.8, 4) is 0 Å². The number of nitrogens with one attached hydrogen (secondary N) is 1. The van der Waals surface area contributed by atoms with Gasteiger partial charge in [0.25, 0.3) is 0 Å². The first-order valence-corrected chi connectivity index (χ1v) is 3.81. The number of hydrogen-bond acceptors (Lipinski definition) is 2. The molecule has 58 valence electrons. The van der Waals surface area contributed by atoms with E-state index >= 15 is 0 Å². The fraction of sp³-hybridized carbons (Fsp3) is 0.857. The van der Waals surface area contributed by atoms with Crippen molar-refractivity contribution < 1.29 is 4.79 Å². The van der Waals surface area contributed by atoms with Gasteiger partial charge in [0.05, 0.1) is 6.04 Å². The summed E-state index contributed by atoms with van der Waals surface area (Å²) >= 11 is 0. The first-order chi connectivity index (χ1) is 4.63. The van der Waals surface area contributed by atoms with Crippen LogP contribution in [0.2, 0.25) is 0 Å². The minimum Gasteiger partial charge on any atom is -0.353 e. The Kier molecular flexibility index (Phi) is 4.36. The Bertz CT molecular complexity index is 116. The van der Waals surface area contributed by atoms with Gasteiger partial charge in [-0.3, -0.25) is 4.79 Å². The number of hydrogen-bond donors (Lipinski definition) is 1. The van der Waals surface area contributed by atoms with Crippen LogP contribution in [0.25, 0.3) is 0 Å². The van der Waals surface area contributed by atoms with Gasteiger partial charge in [-0.05, 0) is 12.8 Å².